The Balaban J connectivity index is 2.48. The first-order valence-electron chi connectivity index (χ1n) is 6.77. The number of rotatable bonds is 6. The number of carbonyl (C=O) groups excluding carboxylic acids is 1. The average Bonchev–Trinajstić information content (AvgIpc) is 2.26. The number of carboxylic acids is 1. The summed E-state index contributed by atoms with van der Waals surface area (Å²) >= 11 is 0. The predicted molar refractivity (Wildman–Crippen MR) is 70.8 cm³/mol. The molecule has 1 saturated heterocycles. The smallest absolute Gasteiger partial charge is 0.320 e. The van der Waals surface area contributed by atoms with Crippen molar-refractivity contribution in [3.8, 4) is 0 Å². The Labute approximate surface area is 114 Å². The van der Waals surface area contributed by atoms with Crippen LogP contribution in [0.15, 0.2) is 0 Å². The van der Waals surface area contributed by atoms with Crippen LogP contribution in [0.3, 0.4) is 0 Å². The van der Waals surface area contributed by atoms with Gasteiger partial charge in [0.05, 0.1) is 5.92 Å². The molecule has 0 bridgehead atoms. The fourth-order valence-corrected chi connectivity index (χ4v) is 2.18. The largest absolute Gasteiger partial charge is 0.481 e. The molecule has 6 nitrogen and oxygen atoms in total. The van der Waals surface area contributed by atoms with Gasteiger partial charge in [0.15, 0.2) is 0 Å². The van der Waals surface area contributed by atoms with Crippen LogP contribution in [-0.4, -0.2) is 64.3 Å². The number of aliphatic hydroxyl groups excluding tert-OH is 1. The van der Waals surface area contributed by atoms with Crippen molar-refractivity contribution in [2.45, 2.75) is 33.2 Å². The molecule has 1 aliphatic heterocycles. The Kier molecular flexibility index (Phi) is 5.60. The van der Waals surface area contributed by atoms with Gasteiger partial charge in [0.25, 0.3) is 0 Å². The molecule has 0 aliphatic carbocycles. The first-order valence-corrected chi connectivity index (χ1v) is 6.77. The molecule has 1 atom stereocenters. The van der Waals surface area contributed by atoms with Gasteiger partial charge in [-0.2, -0.15) is 0 Å². The first-order chi connectivity index (χ1) is 8.88. The summed E-state index contributed by atoms with van der Waals surface area (Å²) in [6.07, 6.45) is 0.562. The molecule has 2 amide bonds. The van der Waals surface area contributed by atoms with Crippen LogP contribution in [0.5, 0.6) is 0 Å². The average molecular weight is 272 g/mol. The van der Waals surface area contributed by atoms with Crippen molar-refractivity contribution in [1.29, 1.82) is 0 Å². The predicted octanol–water partition coefficient (Wildman–Crippen LogP) is 0.852. The highest BCUT2D eigenvalue weighted by Crippen LogP contribution is 2.25. The molecular formula is C13H24N2O4. The van der Waals surface area contributed by atoms with Crippen molar-refractivity contribution < 1.29 is 19.8 Å². The number of hydrogen-bond donors (Lipinski definition) is 2. The van der Waals surface area contributed by atoms with E-state index in [1.54, 1.807) is 16.7 Å². The molecule has 1 unspecified atom stereocenters. The zero-order valence-corrected chi connectivity index (χ0v) is 11.9. The fraction of sp³-hybridized carbons (Fsp3) is 0.846. The van der Waals surface area contributed by atoms with Crippen LogP contribution < -0.4 is 0 Å². The molecule has 110 valence electrons. The lowest BCUT2D eigenvalue weighted by atomic mass is 9.87. The Morgan fingerprint density at radius 2 is 1.89 bits per heavy atom. The van der Waals surface area contributed by atoms with E-state index in [2.05, 4.69) is 0 Å². The lowest BCUT2D eigenvalue weighted by Gasteiger charge is -2.44. The molecule has 0 aromatic heterocycles. The minimum atomic E-state index is -0.807. The number of likely N-dealkylation sites (tertiary alicyclic amines) is 1. The van der Waals surface area contributed by atoms with Crippen LogP contribution in [-0.2, 0) is 4.79 Å². The van der Waals surface area contributed by atoms with Crippen LogP contribution in [0.4, 0.5) is 4.79 Å². The summed E-state index contributed by atoms with van der Waals surface area (Å²) < 4.78 is 0. The fourth-order valence-electron chi connectivity index (χ4n) is 2.18. The molecule has 1 rings (SSSR count). The summed E-state index contributed by atoms with van der Waals surface area (Å²) in [7, 11) is 0. The number of nitrogens with zero attached hydrogens (tertiary/aromatic N) is 2. The van der Waals surface area contributed by atoms with E-state index in [9.17, 15) is 9.59 Å². The topological polar surface area (TPSA) is 81.1 Å². The number of amides is 2. The number of aliphatic hydroxyl groups is 1. The summed E-state index contributed by atoms with van der Waals surface area (Å²) in [5.74, 6) is -1.17. The number of aliphatic carboxylic acids is 1. The summed E-state index contributed by atoms with van der Waals surface area (Å²) in [6.45, 7) is 7.17. The van der Waals surface area contributed by atoms with Crippen molar-refractivity contribution in [2.75, 3.05) is 26.2 Å². The lowest BCUT2D eigenvalue weighted by molar-refractivity contribution is -0.145. The summed E-state index contributed by atoms with van der Waals surface area (Å²) in [4.78, 5) is 26.5. The molecule has 0 radical (unpaired) electrons. The Bertz CT molecular complexity index is 327. The Hall–Kier alpha value is -1.30. The third kappa shape index (κ3) is 3.83. The van der Waals surface area contributed by atoms with Crippen LogP contribution in [0.1, 0.15) is 27.2 Å². The van der Waals surface area contributed by atoms with Crippen molar-refractivity contribution in [3.63, 3.8) is 0 Å². The van der Waals surface area contributed by atoms with E-state index in [0.29, 0.717) is 26.1 Å². The monoisotopic (exact) mass is 272 g/mol. The van der Waals surface area contributed by atoms with E-state index < -0.39 is 11.9 Å². The maximum Gasteiger partial charge on any atom is 0.320 e. The number of hydrogen-bond acceptors (Lipinski definition) is 3. The normalized spacial score (nSPS) is 17.2. The van der Waals surface area contributed by atoms with Crippen LogP contribution >= 0.6 is 0 Å². The third-order valence-electron chi connectivity index (χ3n) is 3.70. The molecule has 0 saturated carbocycles. The van der Waals surface area contributed by atoms with Gasteiger partial charge in [0.1, 0.15) is 0 Å². The quantitative estimate of drug-likeness (QED) is 0.751. The van der Waals surface area contributed by atoms with Crippen LogP contribution in [0.25, 0.3) is 0 Å². The highest BCUT2D eigenvalue weighted by molar-refractivity contribution is 5.76. The van der Waals surface area contributed by atoms with Gasteiger partial charge in [0.2, 0.25) is 0 Å². The van der Waals surface area contributed by atoms with E-state index in [1.165, 1.54) is 0 Å². The van der Waals surface area contributed by atoms with E-state index in [4.69, 9.17) is 10.2 Å². The van der Waals surface area contributed by atoms with E-state index >= 15 is 0 Å². The van der Waals surface area contributed by atoms with Gasteiger partial charge in [0, 0.05) is 38.2 Å². The Morgan fingerprint density at radius 3 is 2.32 bits per heavy atom. The van der Waals surface area contributed by atoms with Crippen molar-refractivity contribution in [3.05, 3.63) is 0 Å². The highest BCUT2D eigenvalue weighted by atomic mass is 16.4. The van der Waals surface area contributed by atoms with E-state index in [1.807, 2.05) is 13.8 Å². The molecule has 1 fully saturated rings. The minimum absolute atomic E-state index is 0.0494. The van der Waals surface area contributed by atoms with Crippen molar-refractivity contribution >= 4 is 12.0 Å². The van der Waals surface area contributed by atoms with Crippen molar-refractivity contribution in [1.82, 2.24) is 9.80 Å². The first kappa shape index (κ1) is 15.8. The summed E-state index contributed by atoms with van der Waals surface area (Å²) in [5.41, 5.74) is 0. The maximum atomic E-state index is 12.2. The SMILES string of the molecule is CC(C(=O)O)C1CN(C(=O)N(CCCO)C(C)C)C1. The lowest BCUT2D eigenvalue weighted by Crippen LogP contribution is -2.58. The van der Waals surface area contributed by atoms with Crippen molar-refractivity contribution in [2.24, 2.45) is 11.8 Å². The number of urea groups is 1. The van der Waals surface area contributed by atoms with Gasteiger partial charge >= 0.3 is 12.0 Å². The summed E-state index contributed by atoms with van der Waals surface area (Å²) in [5, 5.41) is 17.8. The van der Waals surface area contributed by atoms with Gasteiger partial charge < -0.3 is 20.0 Å². The maximum absolute atomic E-state index is 12.2. The molecule has 19 heavy (non-hydrogen) atoms. The standard InChI is InChI=1S/C13H24N2O4/c1-9(2)15(5-4-6-16)13(19)14-7-11(8-14)10(3)12(17)18/h9-11,16H,4-8H2,1-3H3,(H,17,18). The highest BCUT2D eigenvalue weighted by Gasteiger charge is 2.38. The van der Waals surface area contributed by atoms with Gasteiger partial charge in [-0.25, -0.2) is 4.79 Å². The second-order valence-corrected chi connectivity index (χ2v) is 5.44. The third-order valence-corrected chi connectivity index (χ3v) is 3.70. The van der Waals surface area contributed by atoms with E-state index in [-0.39, 0.29) is 24.6 Å². The molecular weight excluding hydrogens is 248 g/mol. The minimum Gasteiger partial charge on any atom is -0.481 e. The van der Waals surface area contributed by atoms with Crippen LogP contribution in [0, 0.1) is 11.8 Å². The van der Waals surface area contributed by atoms with Gasteiger partial charge in [-0.05, 0) is 20.3 Å². The zero-order valence-electron chi connectivity index (χ0n) is 11.9. The molecule has 2 N–H and O–H groups in total. The van der Waals surface area contributed by atoms with Gasteiger partial charge in [-0.15, -0.1) is 0 Å². The molecule has 1 aliphatic rings. The second-order valence-electron chi connectivity index (χ2n) is 5.44. The molecule has 6 heteroatoms. The number of carbonyl (C=O) groups is 2. The number of carboxylic acid groups (broad SMARTS) is 1. The molecule has 0 aromatic carbocycles. The van der Waals surface area contributed by atoms with E-state index in [0.717, 1.165) is 0 Å². The Morgan fingerprint density at radius 1 is 1.32 bits per heavy atom. The second kappa shape index (κ2) is 6.75. The van der Waals surface area contributed by atoms with Gasteiger partial charge in [-0.1, -0.05) is 6.92 Å². The zero-order chi connectivity index (χ0) is 14.6. The van der Waals surface area contributed by atoms with Crippen LogP contribution in [0.2, 0.25) is 0 Å². The summed E-state index contributed by atoms with van der Waals surface area (Å²) in [6, 6.07) is 0.0206. The molecule has 0 aromatic rings. The van der Waals surface area contributed by atoms with Gasteiger partial charge in [-0.3, -0.25) is 4.79 Å². The molecule has 1 heterocycles. The molecule has 0 spiro atoms.